The van der Waals surface area contributed by atoms with E-state index in [1.54, 1.807) is 31.2 Å². The topological polar surface area (TPSA) is 99.5 Å². The number of benzene rings is 3. The molecule has 1 atom stereocenters. The smallest absolute Gasteiger partial charge is 0.251 e. The highest BCUT2D eigenvalue weighted by Gasteiger charge is 2.30. The van der Waals surface area contributed by atoms with Crippen LogP contribution in [-0.4, -0.2) is 33.2 Å². The number of hydrogen-bond donors (Lipinski definition) is 1. The molecule has 40 heavy (non-hydrogen) atoms. The third-order valence-corrected chi connectivity index (χ3v) is 9.83. The van der Waals surface area contributed by atoms with Crippen LogP contribution < -0.4 is 15.0 Å². The van der Waals surface area contributed by atoms with Gasteiger partial charge in [-0.25, -0.2) is 8.42 Å². The lowest BCUT2D eigenvalue weighted by Crippen LogP contribution is -2.30. The van der Waals surface area contributed by atoms with E-state index in [9.17, 15) is 18.5 Å². The average Bonchev–Trinajstić information content (AvgIpc) is 3.89. The van der Waals surface area contributed by atoms with E-state index in [-0.39, 0.29) is 23.0 Å². The zero-order chi connectivity index (χ0) is 27.9. The van der Waals surface area contributed by atoms with Gasteiger partial charge in [-0.1, -0.05) is 25.1 Å². The Balaban J connectivity index is 1.23. The van der Waals surface area contributed by atoms with Crippen LogP contribution in [0, 0.1) is 11.3 Å². The van der Waals surface area contributed by atoms with E-state index in [0.717, 1.165) is 12.2 Å². The standard InChI is InChI=1S/C32H33N3O4S/c1-2-40(37,38)28-10-7-23(8-11-28)29(13-14-33)34-32(36)24-9-12-30-31(20-24)39-16-15-35(30)27-18-25(21-3-4-21)17-26(19-27)22-5-6-22/h7-12,17-22,29H,2-6,13,15-16H2,1H3,(H,34,36)/t29-/m0/s1. The van der Waals surface area contributed by atoms with Crippen LogP contribution in [0.2, 0.25) is 0 Å². The predicted octanol–water partition coefficient (Wildman–Crippen LogP) is 6.15. The first kappa shape index (κ1) is 26.4. The second-order valence-electron chi connectivity index (χ2n) is 10.9. The van der Waals surface area contributed by atoms with Crippen LogP contribution in [0.5, 0.6) is 5.75 Å². The maximum absolute atomic E-state index is 13.3. The molecule has 0 saturated heterocycles. The molecule has 3 aromatic carbocycles. The first-order valence-electron chi connectivity index (χ1n) is 14.1. The summed E-state index contributed by atoms with van der Waals surface area (Å²) in [6.07, 6.45) is 5.11. The normalized spacial score (nSPS) is 17.4. The number of anilines is 2. The van der Waals surface area contributed by atoms with Gasteiger partial charge in [0.25, 0.3) is 5.91 Å². The van der Waals surface area contributed by atoms with Crippen LogP contribution in [0.15, 0.2) is 65.6 Å². The molecule has 2 fully saturated rings. The molecule has 2 aliphatic carbocycles. The number of carbonyl (C=O) groups is 1. The number of nitrogens with one attached hydrogen (secondary N) is 1. The van der Waals surface area contributed by atoms with Crippen molar-refractivity contribution in [1.82, 2.24) is 5.32 Å². The van der Waals surface area contributed by atoms with Crippen LogP contribution in [0.1, 0.15) is 84.0 Å². The molecule has 0 unspecified atom stereocenters. The maximum atomic E-state index is 13.3. The molecule has 3 aliphatic rings. The molecule has 1 N–H and O–H groups in total. The monoisotopic (exact) mass is 555 g/mol. The second kappa shape index (κ2) is 10.6. The minimum absolute atomic E-state index is 0.0101. The van der Waals surface area contributed by atoms with Crippen molar-refractivity contribution in [3.05, 3.63) is 82.9 Å². The van der Waals surface area contributed by atoms with Crippen molar-refractivity contribution in [3.63, 3.8) is 0 Å². The summed E-state index contributed by atoms with van der Waals surface area (Å²) in [5, 5.41) is 12.3. The summed E-state index contributed by atoms with van der Waals surface area (Å²) >= 11 is 0. The minimum Gasteiger partial charge on any atom is -0.490 e. The molecule has 6 rings (SSSR count). The van der Waals surface area contributed by atoms with Gasteiger partial charge in [0.2, 0.25) is 0 Å². The van der Waals surface area contributed by atoms with E-state index < -0.39 is 15.9 Å². The second-order valence-corrected chi connectivity index (χ2v) is 13.2. The number of amides is 1. The van der Waals surface area contributed by atoms with Crippen molar-refractivity contribution in [2.75, 3.05) is 23.8 Å². The molecule has 7 nitrogen and oxygen atoms in total. The minimum atomic E-state index is -3.33. The van der Waals surface area contributed by atoms with Crippen molar-refractivity contribution >= 4 is 27.1 Å². The summed E-state index contributed by atoms with van der Waals surface area (Å²) in [5.74, 6) is 1.71. The highest BCUT2D eigenvalue weighted by Crippen LogP contribution is 2.48. The molecule has 206 valence electrons. The quantitative estimate of drug-likeness (QED) is 0.340. The SMILES string of the molecule is CCS(=O)(=O)c1ccc([C@H](CC#N)NC(=O)c2ccc3c(c2)OCCN3c2cc(C3CC3)cc(C3CC3)c2)cc1. The number of sulfone groups is 1. The van der Waals surface area contributed by atoms with Gasteiger partial charge in [0.1, 0.15) is 12.4 Å². The predicted molar refractivity (Wildman–Crippen MR) is 154 cm³/mol. The Morgan fingerprint density at radius 2 is 1.70 bits per heavy atom. The molecule has 1 heterocycles. The van der Waals surface area contributed by atoms with Crippen molar-refractivity contribution < 1.29 is 17.9 Å². The first-order chi connectivity index (χ1) is 19.4. The third kappa shape index (κ3) is 5.44. The Morgan fingerprint density at radius 3 is 2.30 bits per heavy atom. The molecule has 0 spiro atoms. The molecule has 0 radical (unpaired) electrons. The van der Waals surface area contributed by atoms with Crippen molar-refractivity contribution in [1.29, 1.82) is 5.26 Å². The summed E-state index contributed by atoms with van der Waals surface area (Å²) in [7, 11) is -3.33. The summed E-state index contributed by atoms with van der Waals surface area (Å²) in [4.78, 5) is 15.8. The van der Waals surface area contributed by atoms with Gasteiger partial charge in [-0.15, -0.1) is 0 Å². The first-order valence-corrected chi connectivity index (χ1v) is 15.7. The lowest BCUT2D eigenvalue weighted by Gasteiger charge is -2.32. The largest absolute Gasteiger partial charge is 0.490 e. The highest BCUT2D eigenvalue weighted by molar-refractivity contribution is 7.91. The zero-order valence-electron chi connectivity index (χ0n) is 22.6. The van der Waals surface area contributed by atoms with Gasteiger partial charge in [-0.2, -0.15) is 5.26 Å². The molecule has 3 aromatic rings. The van der Waals surface area contributed by atoms with Crippen molar-refractivity contribution in [2.45, 2.75) is 61.8 Å². The molecule has 0 bridgehead atoms. The molecule has 0 aromatic heterocycles. The maximum Gasteiger partial charge on any atom is 0.251 e. The van der Waals surface area contributed by atoms with Gasteiger partial charge in [-0.05, 0) is 96.7 Å². The number of rotatable bonds is 9. The Kier molecular flexibility index (Phi) is 7.01. The lowest BCUT2D eigenvalue weighted by atomic mass is 10.0. The Morgan fingerprint density at radius 1 is 1.02 bits per heavy atom. The zero-order valence-corrected chi connectivity index (χ0v) is 23.4. The van der Waals surface area contributed by atoms with Gasteiger partial charge in [0.05, 0.1) is 41.4 Å². The van der Waals surface area contributed by atoms with Gasteiger partial charge in [0, 0.05) is 11.3 Å². The molecule has 1 aliphatic heterocycles. The van der Waals surface area contributed by atoms with Crippen LogP contribution in [0.4, 0.5) is 11.4 Å². The van der Waals surface area contributed by atoms with Crippen LogP contribution >= 0.6 is 0 Å². The van der Waals surface area contributed by atoms with E-state index in [0.29, 0.717) is 35.3 Å². The fraction of sp³-hybridized carbons (Fsp3) is 0.375. The van der Waals surface area contributed by atoms with Crippen LogP contribution in [0.3, 0.4) is 0 Å². The highest BCUT2D eigenvalue weighted by atomic mass is 32.2. The molecule has 8 heteroatoms. The Hall–Kier alpha value is -3.83. The average molecular weight is 556 g/mol. The third-order valence-electron chi connectivity index (χ3n) is 8.08. The summed E-state index contributed by atoms with van der Waals surface area (Å²) < 4.78 is 30.3. The summed E-state index contributed by atoms with van der Waals surface area (Å²) in [6, 6.07) is 20.5. The fourth-order valence-electron chi connectivity index (χ4n) is 5.41. The molecule has 1 amide bonds. The number of carbonyl (C=O) groups excluding carboxylic acids is 1. The van der Waals surface area contributed by atoms with Gasteiger partial charge in [0.15, 0.2) is 9.84 Å². The Bertz CT molecular complexity index is 1560. The molecular weight excluding hydrogens is 522 g/mol. The van der Waals surface area contributed by atoms with E-state index in [1.165, 1.54) is 54.6 Å². The molecular formula is C32H33N3O4S. The lowest BCUT2D eigenvalue weighted by molar-refractivity contribution is 0.0936. The fourth-order valence-corrected chi connectivity index (χ4v) is 6.29. The summed E-state index contributed by atoms with van der Waals surface area (Å²) in [5.41, 5.74) is 6.13. The van der Waals surface area contributed by atoms with Crippen molar-refractivity contribution in [3.8, 4) is 11.8 Å². The number of nitriles is 1. The van der Waals surface area contributed by atoms with E-state index in [4.69, 9.17) is 4.74 Å². The van der Waals surface area contributed by atoms with Gasteiger partial charge in [-0.3, -0.25) is 4.79 Å². The van der Waals surface area contributed by atoms with Gasteiger partial charge < -0.3 is 15.0 Å². The van der Waals surface area contributed by atoms with Gasteiger partial charge >= 0.3 is 0 Å². The van der Waals surface area contributed by atoms with Crippen molar-refractivity contribution in [2.24, 2.45) is 0 Å². The number of ether oxygens (including phenoxy) is 1. The van der Waals surface area contributed by atoms with Crippen LogP contribution in [-0.2, 0) is 9.84 Å². The number of nitrogens with zero attached hydrogens (tertiary/aromatic N) is 2. The van der Waals surface area contributed by atoms with Crippen LogP contribution in [0.25, 0.3) is 0 Å². The number of fused-ring (bicyclic) bond motifs is 1. The number of hydrogen-bond acceptors (Lipinski definition) is 6. The van der Waals surface area contributed by atoms with E-state index in [2.05, 4.69) is 34.5 Å². The Labute approximate surface area is 235 Å². The van der Waals surface area contributed by atoms with E-state index in [1.807, 2.05) is 6.07 Å². The molecule has 2 saturated carbocycles. The summed E-state index contributed by atoms with van der Waals surface area (Å²) in [6.45, 7) is 2.86. The van der Waals surface area contributed by atoms with E-state index >= 15 is 0 Å².